The summed E-state index contributed by atoms with van der Waals surface area (Å²) < 4.78 is 7.66. The molecular formula is C22H19N5O2. The van der Waals surface area contributed by atoms with Crippen LogP contribution in [0, 0.1) is 0 Å². The Balaban J connectivity index is 1.43. The first-order valence-electron chi connectivity index (χ1n) is 9.35. The Morgan fingerprint density at radius 3 is 2.66 bits per heavy atom. The van der Waals surface area contributed by atoms with Crippen molar-refractivity contribution in [2.75, 3.05) is 11.1 Å². The fourth-order valence-corrected chi connectivity index (χ4v) is 3.76. The van der Waals surface area contributed by atoms with Gasteiger partial charge in [0.2, 0.25) is 5.91 Å². The monoisotopic (exact) mass is 385 g/mol. The molecule has 0 fully saturated rings. The summed E-state index contributed by atoms with van der Waals surface area (Å²) in [6.07, 6.45) is 1.82. The molecule has 1 aliphatic rings. The first kappa shape index (κ1) is 17.4. The van der Waals surface area contributed by atoms with Crippen LogP contribution in [0.3, 0.4) is 0 Å². The fraction of sp³-hybridized carbons (Fsp3) is 0.136. The number of benzene rings is 2. The van der Waals surface area contributed by atoms with Crippen LogP contribution in [-0.4, -0.2) is 20.4 Å². The zero-order valence-electron chi connectivity index (χ0n) is 15.6. The maximum absolute atomic E-state index is 12.3. The van der Waals surface area contributed by atoms with Crippen molar-refractivity contribution in [3.63, 3.8) is 0 Å². The van der Waals surface area contributed by atoms with Gasteiger partial charge in [-0.2, -0.15) is 0 Å². The number of nitrogens with zero attached hydrogens (tertiary/aromatic N) is 3. The lowest BCUT2D eigenvalue weighted by molar-refractivity contribution is -0.115. The molecule has 7 heteroatoms. The van der Waals surface area contributed by atoms with Gasteiger partial charge in [-0.05, 0) is 29.8 Å². The number of rotatable bonds is 4. The second-order valence-electron chi connectivity index (χ2n) is 6.97. The van der Waals surface area contributed by atoms with Crippen molar-refractivity contribution < 1.29 is 9.53 Å². The molecular weight excluding hydrogens is 366 g/mol. The molecule has 5 rings (SSSR count). The molecule has 3 N–H and O–H groups in total. The van der Waals surface area contributed by atoms with E-state index in [2.05, 4.69) is 15.3 Å². The molecule has 0 aliphatic carbocycles. The number of hydrogen-bond acceptors (Lipinski definition) is 5. The highest BCUT2D eigenvalue weighted by Gasteiger charge is 2.25. The van der Waals surface area contributed by atoms with Crippen LogP contribution in [0.25, 0.3) is 16.7 Å². The third-order valence-corrected chi connectivity index (χ3v) is 5.08. The molecule has 144 valence electrons. The van der Waals surface area contributed by atoms with Gasteiger partial charge in [0.15, 0.2) is 5.82 Å². The van der Waals surface area contributed by atoms with Crippen LogP contribution in [0.5, 0.6) is 0 Å². The third kappa shape index (κ3) is 3.11. The highest BCUT2D eigenvalue weighted by Crippen LogP contribution is 2.35. The summed E-state index contributed by atoms with van der Waals surface area (Å²) in [5.41, 5.74) is 12.5. The summed E-state index contributed by atoms with van der Waals surface area (Å²) >= 11 is 0. The zero-order valence-corrected chi connectivity index (χ0v) is 15.6. The van der Waals surface area contributed by atoms with E-state index in [1.54, 1.807) is 0 Å². The molecule has 2 aromatic heterocycles. The van der Waals surface area contributed by atoms with Crippen LogP contribution < -0.4 is 11.1 Å². The molecule has 29 heavy (non-hydrogen) atoms. The van der Waals surface area contributed by atoms with Crippen molar-refractivity contribution >= 4 is 28.4 Å². The maximum atomic E-state index is 12.3. The van der Waals surface area contributed by atoms with E-state index in [1.807, 2.05) is 59.2 Å². The van der Waals surface area contributed by atoms with E-state index in [0.29, 0.717) is 25.5 Å². The Hall–Kier alpha value is -3.71. The van der Waals surface area contributed by atoms with E-state index in [-0.39, 0.29) is 5.91 Å². The largest absolute Gasteiger partial charge is 0.382 e. The summed E-state index contributed by atoms with van der Waals surface area (Å²) in [5.74, 6) is 0.381. The van der Waals surface area contributed by atoms with E-state index < -0.39 is 0 Å². The average molecular weight is 385 g/mol. The van der Waals surface area contributed by atoms with Crippen LogP contribution in [0.2, 0.25) is 0 Å². The third-order valence-electron chi connectivity index (χ3n) is 5.08. The van der Waals surface area contributed by atoms with Crippen LogP contribution in [0.4, 0.5) is 11.5 Å². The van der Waals surface area contributed by atoms with Gasteiger partial charge in [-0.1, -0.05) is 30.3 Å². The predicted molar refractivity (Wildman–Crippen MR) is 111 cm³/mol. The van der Waals surface area contributed by atoms with Crippen molar-refractivity contribution in [3.05, 3.63) is 77.7 Å². The molecule has 0 unspecified atom stereocenters. The van der Waals surface area contributed by atoms with Gasteiger partial charge in [0, 0.05) is 16.9 Å². The molecule has 1 aliphatic heterocycles. The summed E-state index contributed by atoms with van der Waals surface area (Å²) in [6.45, 7) is 1.02. The summed E-state index contributed by atoms with van der Waals surface area (Å²) in [7, 11) is 0. The second-order valence-corrected chi connectivity index (χ2v) is 6.97. The minimum atomic E-state index is -0.0534. The number of carbonyl (C=O) groups is 1. The lowest BCUT2D eigenvalue weighted by atomic mass is 10.1. The fourth-order valence-electron chi connectivity index (χ4n) is 3.76. The van der Waals surface area contributed by atoms with Gasteiger partial charge in [0.1, 0.15) is 17.4 Å². The second kappa shape index (κ2) is 7.03. The van der Waals surface area contributed by atoms with E-state index in [1.165, 1.54) is 6.33 Å². The molecule has 1 amide bonds. The molecule has 4 aromatic rings. The Morgan fingerprint density at radius 2 is 1.86 bits per heavy atom. The Bertz CT molecular complexity index is 1200. The van der Waals surface area contributed by atoms with Crippen molar-refractivity contribution in [2.24, 2.45) is 0 Å². The highest BCUT2D eigenvalue weighted by molar-refractivity contribution is 5.93. The Labute approximate surface area is 167 Å². The number of nitrogens with two attached hydrogens (primary N) is 1. The number of anilines is 2. The van der Waals surface area contributed by atoms with Crippen LogP contribution in [0.15, 0.2) is 60.9 Å². The summed E-state index contributed by atoms with van der Waals surface area (Å²) in [5, 5.41) is 2.94. The van der Waals surface area contributed by atoms with Crippen molar-refractivity contribution in [1.82, 2.24) is 14.5 Å². The quantitative estimate of drug-likeness (QED) is 0.562. The van der Waals surface area contributed by atoms with Gasteiger partial charge in [-0.3, -0.25) is 4.79 Å². The van der Waals surface area contributed by atoms with E-state index in [4.69, 9.17) is 10.5 Å². The molecule has 3 heterocycles. The van der Waals surface area contributed by atoms with Crippen LogP contribution in [-0.2, 0) is 29.2 Å². The first-order chi connectivity index (χ1) is 14.2. The molecule has 0 bridgehead atoms. The Kier molecular flexibility index (Phi) is 4.22. The predicted octanol–water partition coefficient (Wildman–Crippen LogP) is 3.21. The van der Waals surface area contributed by atoms with Gasteiger partial charge >= 0.3 is 0 Å². The summed E-state index contributed by atoms with van der Waals surface area (Å²) in [4.78, 5) is 20.9. The lowest BCUT2D eigenvalue weighted by Crippen LogP contribution is -2.14. The first-order valence-corrected chi connectivity index (χ1v) is 9.35. The standard InChI is InChI=1S/C22H19N5O2/c23-22-21-20(24-13-25-22)17-11-29-12-18(17)27(21)16-8-6-15(7-9-16)26-19(28)10-14-4-2-1-3-5-14/h1-9,13H,10-12H2,(H,26,28)(H2,23,24,25). The van der Waals surface area contributed by atoms with E-state index >= 15 is 0 Å². The minimum absolute atomic E-state index is 0.0534. The number of fused-ring (bicyclic) bond motifs is 3. The molecule has 0 saturated carbocycles. The SMILES string of the molecule is Nc1ncnc2c3c(n(-c4ccc(NC(=O)Cc5ccccc5)cc4)c12)COC3. The molecule has 0 saturated heterocycles. The molecule has 0 atom stereocenters. The van der Waals surface area contributed by atoms with Crippen molar-refractivity contribution in [2.45, 2.75) is 19.6 Å². The number of carbonyl (C=O) groups excluding carboxylic acids is 1. The topological polar surface area (TPSA) is 95.1 Å². The normalized spacial score (nSPS) is 12.8. The van der Waals surface area contributed by atoms with E-state index in [9.17, 15) is 4.79 Å². The summed E-state index contributed by atoms with van der Waals surface area (Å²) in [6, 6.07) is 17.3. The molecule has 2 aromatic carbocycles. The van der Waals surface area contributed by atoms with Crippen LogP contribution in [0.1, 0.15) is 16.8 Å². The van der Waals surface area contributed by atoms with Gasteiger partial charge in [-0.15, -0.1) is 0 Å². The highest BCUT2D eigenvalue weighted by atomic mass is 16.5. The van der Waals surface area contributed by atoms with Crippen LogP contribution >= 0.6 is 0 Å². The molecule has 0 radical (unpaired) electrons. The minimum Gasteiger partial charge on any atom is -0.382 e. The van der Waals surface area contributed by atoms with Crippen molar-refractivity contribution in [1.29, 1.82) is 0 Å². The number of nitrogens with one attached hydrogen (secondary N) is 1. The number of aromatic nitrogens is 3. The zero-order chi connectivity index (χ0) is 19.8. The maximum Gasteiger partial charge on any atom is 0.228 e. The van der Waals surface area contributed by atoms with E-state index in [0.717, 1.165) is 39.2 Å². The smallest absolute Gasteiger partial charge is 0.228 e. The Morgan fingerprint density at radius 1 is 1.07 bits per heavy atom. The molecule has 0 spiro atoms. The number of hydrogen-bond donors (Lipinski definition) is 2. The number of amides is 1. The average Bonchev–Trinajstić information content (AvgIpc) is 3.31. The number of nitrogen functional groups attached to an aromatic ring is 1. The van der Waals surface area contributed by atoms with Crippen molar-refractivity contribution in [3.8, 4) is 5.69 Å². The number of ether oxygens (including phenoxy) is 1. The van der Waals surface area contributed by atoms with Gasteiger partial charge in [0.05, 0.1) is 25.3 Å². The molecule has 7 nitrogen and oxygen atoms in total. The van der Waals surface area contributed by atoms with Gasteiger partial charge in [-0.25, -0.2) is 9.97 Å². The van der Waals surface area contributed by atoms with Gasteiger partial charge < -0.3 is 20.4 Å². The van der Waals surface area contributed by atoms with Gasteiger partial charge in [0.25, 0.3) is 0 Å². The lowest BCUT2D eigenvalue weighted by Gasteiger charge is -2.11.